The first-order valence-corrected chi connectivity index (χ1v) is 8.66. The maximum absolute atomic E-state index is 12.1. The lowest BCUT2D eigenvalue weighted by molar-refractivity contribution is -0.121. The predicted octanol–water partition coefficient (Wildman–Crippen LogP) is 3.99. The van der Waals surface area contributed by atoms with E-state index in [2.05, 4.69) is 16.4 Å². The monoisotopic (exact) mass is 357 g/mol. The number of aromatic nitrogens is 1. The van der Waals surface area contributed by atoms with Gasteiger partial charge in [-0.1, -0.05) is 30.3 Å². The van der Waals surface area contributed by atoms with Gasteiger partial charge < -0.3 is 10.1 Å². The number of benzene rings is 2. The van der Waals surface area contributed by atoms with Crippen LogP contribution in [-0.2, 0) is 17.8 Å². The first kappa shape index (κ1) is 18.2. The van der Waals surface area contributed by atoms with E-state index in [1.165, 1.54) is 0 Å². The molecule has 0 unspecified atom stereocenters. The van der Waals surface area contributed by atoms with Crippen molar-refractivity contribution in [2.24, 2.45) is 0 Å². The molecule has 1 aromatic heterocycles. The molecule has 0 saturated heterocycles. The number of carbonyl (C=O) groups excluding carboxylic acids is 1. The molecule has 0 spiro atoms. The van der Waals surface area contributed by atoms with Gasteiger partial charge in [0.05, 0.1) is 11.6 Å². The van der Waals surface area contributed by atoms with E-state index in [1.807, 2.05) is 48.5 Å². The summed E-state index contributed by atoms with van der Waals surface area (Å²) in [6.45, 7) is 0.436. The molecule has 0 atom stereocenters. The molecule has 1 amide bonds. The highest BCUT2D eigenvalue weighted by Gasteiger charge is 2.04. The van der Waals surface area contributed by atoms with Gasteiger partial charge in [-0.25, -0.2) is 4.98 Å². The van der Waals surface area contributed by atoms with E-state index >= 15 is 0 Å². The molecule has 134 valence electrons. The second-order valence-corrected chi connectivity index (χ2v) is 6.00. The third-order valence-corrected chi connectivity index (χ3v) is 3.97. The van der Waals surface area contributed by atoms with Gasteiger partial charge in [-0.15, -0.1) is 0 Å². The Kier molecular flexibility index (Phi) is 6.16. The molecule has 1 N–H and O–H groups in total. The third kappa shape index (κ3) is 5.68. The van der Waals surface area contributed by atoms with Crippen molar-refractivity contribution in [2.45, 2.75) is 19.4 Å². The topological polar surface area (TPSA) is 75.0 Å². The molecule has 5 heteroatoms. The minimum atomic E-state index is -0.0181. The molecule has 0 fully saturated rings. The molecule has 0 aliphatic rings. The summed E-state index contributed by atoms with van der Waals surface area (Å²) in [6.07, 6.45) is 2.71. The van der Waals surface area contributed by atoms with Crippen LogP contribution in [0, 0.1) is 11.3 Å². The maximum atomic E-state index is 12.1. The third-order valence-electron chi connectivity index (χ3n) is 3.97. The number of amides is 1. The Balaban J connectivity index is 1.48. The number of hydrogen-bond acceptors (Lipinski definition) is 4. The van der Waals surface area contributed by atoms with Crippen LogP contribution in [0.5, 0.6) is 11.6 Å². The van der Waals surface area contributed by atoms with Crippen molar-refractivity contribution >= 4 is 5.91 Å². The largest absolute Gasteiger partial charge is 0.439 e. The normalized spacial score (nSPS) is 10.0. The fraction of sp³-hybridized carbons (Fsp3) is 0.136. The van der Waals surface area contributed by atoms with Crippen LogP contribution < -0.4 is 10.1 Å². The highest BCUT2D eigenvalue weighted by Crippen LogP contribution is 2.20. The quantitative estimate of drug-likeness (QED) is 0.694. The Hall–Kier alpha value is -3.65. The van der Waals surface area contributed by atoms with Gasteiger partial charge in [0.25, 0.3) is 0 Å². The van der Waals surface area contributed by atoms with Crippen molar-refractivity contribution in [1.82, 2.24) is 10.3 Å². The van der Waals surface area contributed by atoms with E-state index in [9.17, 15) is 4.79 Å². The lowest BCUT2D eigenvalue weighted by atomic mass is 10.1. The van der Waals surface area contributed by atoms with E-state index in [0.717, 1.165) is 11.1 Å². The number of pyridine rings is 1. The molecule has 27 heavy (non-hydrogen) atoms. The molecule has 2 aromatic carbocycles. The summed E-state index contributed by atoms with van der Waals surface area (Å²) in [4.78, 5) is 16.2. The molecule has 5 nitrogen and oxygen atoms in total. The summed E-state index contributed by atoms with van der Waals surface area (Å²) in [5, 5.41) is 11.7. The van der Waals surface area contributed by atoms with Crippen LogP contribution in [0.2, 0.25) is 0 Å². The first-order chi connectivity index (χ1) is 13.2. The van der Waals surface area contributed by atoms with Crippen molar-refractivity contribution in [3.05, 3.63) is 89.6 Å². The summed E-state index contributed by atoms with van der Waals surface area (Å²) in [5.41, 5.74) is 2.61. The Morgan fingerprint density at radius 3 is 2.63 bits per heavy atom. The fourth-order valence-electron chi connectivity index (χ4n) is 2.54. The number of hydrogen-bond donors (Lipinski definition) is 1. The van der Waals surface area contributed by atoms with Gasteiger partial charge in [-0.2, -0.15) is 5.26 Å². The molecule has 1 heterocycles. The van der Waals surface area contributed by atoms with E-state index in [0.29, 0.717) is 36.6 Å². The van der Waals surface area contributed by atoms with Crippen molar-refractivity contribution in [1.29, 1.82) is 5.26 Å². The van der Waals surface area contributed by atoms with E-state index in [-0.39, 0.29) is 5.91 Å². The molecule has 3 aromatic rings. The van der Waals surface area contributed by atoms with Crippen LogP contribution in [0.25, 0.3) is 0 Å². The number of carbonyl (C=O) groups is 1. The van der Waals surface area contributed by atoms with Crippen LogP contribution in [0.15, 0.2) is 72.9 Å². The van der Waals surface area contributed by atoms with Crippen molar-refractivity contribution in [2.75, 3.05) is 0 Å². The van der Waals surface area contributed by atoms with Gasteiger partial charge in [0, 0.05) is 25.2 Å². The van der Waals surface area contributed by atoms with Crippen LogP contribution in [0.4, 0.5) is 0 Å². The highest BCUT2D eigenvalue weighted by atomic mass is 16.5. The lowest BCUT2D eigenvalue weighted by Crippen LogP contribution is -2.22. The number of nitriles is 1. The van der Waals surface area contributed by atoms with Gasteiger partial charge in [0.2, 0.25) is 11.8 Å². The Morgan fingerprint density at radius 1 is 1.04 bits per heavy atom. The van der Waals surface area contributed by atoms with Gasteiger partial charge >= 0.3 is 0 Å². The smallest absolute Gasteiger partial charge is 0.220 e. The Bertz CT molecular complexity index is 932. The fourth-order valence-corrected chi connectivity index (χ4v) is 2.54. The molecule has 0 radical (unpaired) electrons. The molecule has 0 bridgehead atoms. The average Bonchev–Trinajstić information content (AvgIpc) is 2.72. The first-order valence-electron chi connectivity index (χ1n) is 8.66. The van der Waals surface area contributed by atoms with Crippen molar-refractivity contribution in [3.63, 3.8) is 0 Å². The van der Waals surface area contributed by atoms with Crippen molar-refractivity contribution in [3.8, 4) is 17.7 Å². The van der Waals surface area contributed by atoms with Crippen LogP contribution in [0.3, 0.4) is 0 Å². The highest BCUT2D eigenvalue weighted by molar-refractivity contribution is 5.76. The van der Waals surface area contributed by atoms with Gasteiger partial charge in [0.15, 0.2) is 0 Å². The molecule has 3 rings (SSSR count). The van der Waals surface area contributed by atoms with Crippen molar-refractivity contribution < 1.29 is 9.53 Å². The molecule has 0 saturated carbocycles. The SMILES string of the molecule is N#Cc1ccc(CCC(=O)NCc2cccc(Oc3ccccn3)c2)cc1. The second-order valence-electron chi connectivity index (χ2n) is 6.00. The zero-order valence-electron chi connectivity index (χ0n) is 14.8. The zero-order chi connectivity index (χ0) is 18.9. The predicted molar refractivity (Wildman–Crippen MR) is 102 cm³/mol. The number of aryl methyl sites for hydroxylation is 1. The van der Waals surface area contributed by atoms with Gasteiger partial charge in [0.1, 0.15) is 5.75 Å². The Morgan fingerprint density at radius 2 is 1.89 bits per heavy atom. The summed E-state index contributed by atoms with van der Waals surface area (Å²) in [6, 6.07) is 22.4. The molecular formula is C22H19N3O2. The minimum Gasteiger partial charge on any atom is -0.439 e. The maximum Gasteiger partial charge on any atom is 0.220 e. The lowest BCUT2D eigenvalue weighted by Gasteiger charge is -2.08. The second kappa shape index (κ2) is 9.16. The van der Waals surface area contributed by atoms with E-state index in [1.54, 1.807) is 24.4 Å². The van der Waals surface area contributed by atoms with Gasteiger partial charge in [-0.3, -0.25) is 4.79 Å². The average molecular weight is 357 g/mol. The minimum absolute atomic E-state index is 0.0181. The number of ether oxygens (including phenoxy) is 1. The van der Waals surface area contributed by atoms with Crippen LogP contribution in [-0.4, -0.2) is 10.9 Å². The summed E-state index contributed by atoms with van der Waals surface area (Å²) >= 11 is 0. The van der Waals surface area contributed by atoms with E-state index in [4.69, 9.17) is 10.00 Å². The molecular weight excluding hydrogens is 338 g/mol. The van der Waals surface area contributed by atoms with E-state index < -0.39 is 0 Å². The summed E-state index contributed by atoms with van der Waals surface area (Å²) in [5.74, 6) is 1.19. The van der Waals surface area contributed by atoms with Gasteiger partial charge in [-0.05, 0) is 47.9 Å². The Labute approximate surface area is 158 Å². The van der Waals surface area contributed by atoms with Crippen LogP contribution in [0.1, 0.15) is 23.1 Å². The summed E-state index contributed by atoms with van der Waals surface area (Å²) in [7, 11) is 0. The standard InChI is InChI=1S/C22H19N3O2/c23-15-18-9-7-17(8-10-18)11-12-21(26)25-16-19-4-3-5-20(14-19)27-22-6-1-2-13-24-22/h1-10,13-14H,11-12,16H2,(H,25,26). The van der Waals surface area contributed by atoms with Crippen LogP contribution >= 0.6 is 0 Å². The molecule has 0 aliphatic carbocycles. The zero-order valence-corrected chi connectivity index (χ0v) is 14.8. The molecule has 0 aliphatic heterocycles. The number of nitrogens with one attached hydrogen (secondary N) is 1. The number of rotatable bonds is 7. The number of nitrogens with zero attached hydrogens (tertiary/aromatic N) is 2. The summed E-state index contributed by atoms with van der Waals surface area (Å²) < 4.78 is 5.70.